The van der Waals surface area contributed by atoms with Crippen LogP contribution in [0.3, 0.4) is 0 Å². The maximum absolute atomic E-state index is 11.4. The third-order valence-corrected chi connectivity index (χ3v) is 3.37. The van der Waals surface area contributed by atoms with E-state index in [-0.39, 0.29) is 11.8 Å². The third-order valence-electron chi connectivity index (χ3n) is 2.43. The van der Waals surface area contributed by atoms with Crippen LogP contribution < -0.4 is 5.32 Å². The van der Waals surface area contributed by atoms with Gasteiger partial charge >= 0.3 is 0 Å². The predicted octanol–water partition coefficient (Wildman–Crippen LogP) is 0.988. The van der Waals surface area contributed by atoms with E-state index in [1.54, 1.807) is 6.20 Å². The molecule has 1 heterocycles. The summed E-state index contributed by atoms with van der Waals surface area (Å²) >= 11 is 0. The summed E-state index contributed by atoms with van der Waals surface area (Å²) in [6.45, 7) is 5.64. The highest BCUT2D eigenvalue weighted by Crippen LogP contribution is 2.14. The lowest BCUT2D eigenvalue weighted by Crippen LogP contribution is -2.27. The van der Waals surface area contributed by atoms with Gasteiger partial charge in [-0.1, -0.05) is 13.8 Å². The minimum absolute atomic E-state index is 0.110. The first-order valence-electron chi connectivity index (χ1n) is 5.89. The zero-order chi connectivity index (χ0) is 12.9. The molecular formula is C11H21N3O2S. The topological polar surface area (TPSA) is 64.0 Å². The molecule has 1 rings (SSSR count). The first kappa shape index (κ1) is 14.2. The molecule has 0 bridgehead atoms. The summed E-state index contributed by atoms with van der Waals surface area (Å²) in [7, 11) is -3.00. The van der Waals surface area contributed by atoms with Crippen LogP contribution in [0.1, 0.15) is 31.9 Å². The fourth-order valence-corrected chi connectivity index (χ4v) is 2.65. The highest BCUT2D eigenvalue weighted by atomic mass is 32.2. The van der Waals surface area contributed by atoms with Crippen molar-refractivity contribution in [3.05, 3.63) is 18.0 Å². The van der Waals surface area contributed by atoms with Gasteiger partial charge in [0.2, 0.25) is 0 Å². The normalized spacial score (nSPS) is 13.8. The Hall–Kier alpha value is -0.880. The van der Waals surface area contributed by atoms with Crippen molar-refractivity contribution in [1.29, 1.82) is 0 Å². The van der Waals surface area contributed by atoms with Gasteiger partial charge in [-0.3, -0.25) is 4.68 Å². The molecule has 0 aliphatic carbocycles. The first-order valence-corrected chi connectivity index (χ1v) is 7.95. The number of hydrogen-bond donors (Lipinski definition) is 1. The molecule has 0 aromatic carbocycles. The van der Waals surface area contributed by atoms with E-state index in [0.29, 0.717) is 0 Å². The molecule has 1 N–H and O–H groups in total. The Kier molecular flexibility index (Phi) is 5.14. The van der Waals surface area contributed by atoms with Crippen LogP contribution >= 0.6 is 0 Å². The number of hydrogen-bond acceptors (Lipinski definition) is 4. The van der Waals surface area contributed by atoms with Crippen molar-refractivity contribution in [2.75, 3.05) is 18.6 Å². The SMILES string of the molecule is CCCn1cc(C(CS(C)(=O)=O)NCC)cn1. The molecular weight excluding hydrogens is 238 g/mol. The lowest BCUT2D eigenvalue weighted by Gasteiger charge is -2.14. The molecule has 0 saturated heterocycles. The Labute approximate surface area is 103 Å². The van der Waals surface area contributed by atoms with Crippen LogP contribution in [-0.4, -0.2) is 36.8 Å². The molecule has 1 aromatic rings. The average Bonchev–Trinajstić information content (AvgIpc) is 2.64. The fraction of sp³-hybridized carbons (Fsp3) is 0.727. The quantitative estimate of drug-likeness (QED) is 0.793. The van der Waals surface area contributed by atoms with Crippen molar-refractivity contribution >= 4 is 9.84 Å². The minimum atomic E-state index is -3.00. The summed E-state index contributed by atoms with van der Waals surface area (Å²) in [6.07, 6.45) is 5.93. The van der Waals surface area contributed by atoms with Gasteiger partial charge in [0.25, 0.3) is 0 Å². The van der Waals surface area contributed by atoms with E-state index >= 15 is 0 Å². The first-order chi connectivity index (χ1) is 7.96. The van der Waals surface area contributed by atoms with E-state index < -0.39 is 9.84 Å². The van der Waals surface area contributed by atoms with Gasteiger partial charge in [0.05, 0.1) is 11.9 Å². The van der Waals surface area contributed by atoms with Crippen LogP contribution in [0.15, 0.2) is 12.4 Å². The number of nitrogens with zero attached hydrogens (tertiary/aromatic N) is 2. The molecule has 0 aliphatic heterocycles. The lowest BCUT2D eigenvalue weighted by molar-refractivity contribution is 0.561. The largest absolute Gasteiger partial charge is 0.309 e. The van der Waals surface area contributed by atoms with E-state index in [1.165, 1.54) is 6.26 Å². The molecule has 17 heavy (non-hydrogen) atoms. The summed E-state index contributed by atoms with van der Waals surface area (Å²) in [5.41, 5.74) is 0.936. The van der Waals surface area contributed by atoms with Crippen LogP contribution in [0.4, 0.5) is 0 Å². The Bertz CT molecular complexity index is 439. The molecule has 1 unspecified atom stereocenters. The van der Waals surface area contributed by atoms with Crippen LogP contribution in [0.5, 0.6) is 0 Å². The second kappa shape index (κ2) is 6.16. The maximum Gasteiger partial charge on any atom is 0.149 e. The molecule has 0 amide bonds. The molecule has 0 radical (unpaired) electrons. The van der Waals surface area contributed by atoms with Gasteiger partial charge in [0.1, 0.15) is 9.84 Å². The highest BCUT2D eigenvalue weighted by molar-refractivity contribution is 7.90. The van der Waals surface area contributed by atoms with Gasteiger partial charge in [-0.2, -0.15) is 5.10 Å². The van der Waals surface area contributed by atoms with E-state index in [0.717, 1.165) is 25.1 Å². The van der Waals surface area contributed by atoms with Crippen LogP contribution in [0, 0.1) is 0 Å². The number of aromatic nitrogens is 2. The van der Waals surface area contributed by atoms with E-state index in [2.05, 4.69) is 17.3 Å². The Morgan fingerprint density at radius 1 is 1.47 bits per heavy atom. The van der Waals surface area contributed by atoms with Crippen LogP contribution in [0.2, 0.25) is 0 Å². The lowest BCUT2D eigenvalue weighted by atomic mass is 10.2. The minimum Gasteiger partial charge on any atom is -0.309 e. The highest BCUT2D eigenvalue weighted by Gasteiger charge is 2.17. The Morgan fingerprint density at radius 3 is 2.71 bits per heavy atom. The van der Waals surface area contributed by atoms with Gasteiger partial charge in [-0.05, 0) is 13.0 Å². The molecule has 0 aliphatic rings. The van der Waals surface area contributed by atoms with Crippen molar-refractivity contribution in [2.45, 2.75) is 32.9 Å². The molecule has 0 fully saturated rings. The van der Waals surface area contributed by atoms with Gasteiger partial charge in [-0.25, -0.2) is 8.42 Å². The van der Waals surface area contributed by atoms with Gasteiger partial charge in [0, 0.05) is 30.6 Å². The van der Waals surface area contributed by atoms with Crippen molar-refractivity contribution in [3.8, 4) is 0 Å². The predicted molar refractivity (Wildman–Crippen MR) is 68.6 cm³/mol. The van der Waals surface area contributed by atoms with Crippen molar-refractivity contribution in [1.82, 2.24) is 15.1 Å². The number of rotatable bonds is 7. The van der Waals surface area contributed by atoms with Crippen LogP contribution in [0.25, 0.3) is 0 Å². The molecule has 5 nitrogen and oxygen atoms in total. The molecule has 6 heteroatoms. The van der Waals surface area contributed by atoms with E-state index in [4.69, 9.17) is 0 Å². The summed E-state index contributed by atoms with van der Waals surface area (Å²) in [5, 5.41) is 7.40. The monoisotopic (exact) mass is 259 g/mol. The zero-order valence-electron chi connectivity index (χ0n) is 10.7. The summed E-state index contributed by atoms with van der Waals surface area (Å²) in [6, 6.07) is -0.166. The van der Waals surface area contributed by atoms with E-state index in [1.807, 2.05) is 17.8 Å². The maximum atomic E-state index is 11.4. The average molecular weight is 259 g/mol. The smallest absolute Gasteiger partial charge is 0.149 e. The zero-order valence-corrected chi connectivity index (χ0v) is 11.5. The van der Waals surface area contributed by atoms with Crippen LogP contribution in [-0.2, 0) is 16.4 Å². The Balaban J connectivity index is 2.81. The van der Waals surface area contributed by atoms with Crippen molar-refractivity contribution in [2.24, 2.45) is 0 Å². The standard InChI is InChI=1S/C11H21N3O2S/c1-4-6-14-8-10(7-13-14)11(12-5-2)9-17(3,15)16/h7-8,11-12H,4-6,9H2,1-3H3. The van der Waals surface area contributed by atoms with Crippen molar-refractivity contribution < 1.29 is 8.42 Å². The van der Waals surface area contributed by atoms with Gasteiger partial charge < -0.3 is 5.32 Å². The fourth-order valence-electron chi connectivity index (χ4n) is 1.73. The molecule has 0 spiro atoms. The third kappa shape index (κ3) is 4.87. The van der Waals surface area contributed by atoms with Crippen molar-refractivity contribution in [3.63, 3.8) is 0 Å². The number of aryl methyl sites for hydroxylation is 1. The molecule has 0 saturated carbocycles. The van der Waals surface area contributed by atoms with E-state index in [9.17, 15) is 8.42 Å². The van der Waals surface area contributed by atoms with Gasteiger partial charge in [0.15, 0.2) is 0 Å². The second-order valence-corrected chi connectivity index (χ2v) is 6.42. The molecule has 1 aromatic heterocycles. The summed E-state index contributed by atoms with van der Waals surface area (Å²) in [5.74, 6) is 0.110. The Morgan fingerprint density at radius 2 is 2.18 bits per heavy atom. The second-order valence-electron chi connectivity index (χ2n) is 4.24. The molecule has 1 atom stereocenters. The number of nitrogens with one attached hydrogen (secondary N) is 1. The summed E-state index contributed by atoms with van der Waals surface area (Å²) < 4.78 is 24.6. The number of sulfone groups is 1. The summed E-state index contributed by atoms with van der Waals surface area (Å²) in [4.78, 5) is 0. The van der Waals surface area contributed by atoms with Gasteiger partial charge in [-0.15, -0.1) is 0 Å². The molecule has 98 valence electrons.